The summed E-state index contributed by atoms with van der Waals surface area (Å²) in [4.78, 5) is 9.48. The Hall–Kier alpha value is -0.760. The highest BCUT2D eigenvalue weighted by molar-refractivity contribution is 7.09. The average Bonchev–Trinajstić information content (AvgIpc) is 2.95. The lowest BCUT2D eigenvalue weighted by Crippen LogP contribution is -2.34. The molecule has 7 heteroatoms. The third kappa shape index (κ3) is 5.11. The Morgan fingerprint density at radius 1 is 1.22 bits per heavy atom. The molecule has 130 valence electrons. The largest absolute Gasteiger partial charge is 0.353 e. The fourth-order valence-electron chi connectivity index (χ4n) is 3.06. The van der Waals surface area contributed by atoms with Crippen LogP contribution in [0.5, 0.6) is 0 Å². The number of aromatic nitrogens is 2. The van der Waals surface area contributed by atoms with Crippen LogP contribution in [0.3, 0.4) is 0 Å². The normalized spacial score (nSPS) is 23.9. The van der Waals surface area contributed by atoms with E-state index in [2.05, 4.69) is 26.1 Å². The average molecular weight is 340 g/mol. The molecule has 2 saturated heterocycles. The second kappa shape index (κ2) is 8.92. The quantitative estimate of drug-likeness (QED) is 0.791. The van der Waals surface area contributed by atoms with E-state index in [1.807, 2.05) is 0 Å². The summed E-state index contributed by atoms with van der Waals surface area (Å²) in [6, 6.07) is 0. The first-order valence-electron chi connectivity index (χ1n) is 8.88. The van der Waals surface area contributed by atoms with Crippen LogP contribution in [0.15, 0.2) is 0 Å². The van der Waals surface area contributed by atoms with Crippen LogP contribution in [0.1, 0.15) is 38.4 Å². The van der Waals surface area contributed by atoms with Gasteiger partial charge < -0.3 is 14.4 Å². The fraction of sp³-hybridized carbons (Fsp3) is 0.875. The first kappa shape index (κ1) is 17.1. The molecular weight excluding hydrogens is 312 g/mol. The van der Waals surface area contributed by atoms with Crippen LogP contribution in [0.4, 0.5) is 5.13 Å². The van der Waals surface area contributed by atoms with Gasteiger partial charge in [0.25, 0.3) is 0 Å². The highest BCUT2D eigenvalue weighted by atomic mass is 32.1. The number of rotatable bonds is 6. The van der Waals surface area contributed by atoms with Crippen LogP contribution in [-0.2, 0) is 15.9 Å². The zero-order valence-electron chi connectivity index (χ0n) is 14.1. The van der Waals surface area contributed by atoms with Gasteiger partial charge in [0.2, 0.25) is 5.13 Å². The molecule has 0 aliphatic carbocycles. The van der Waals surface area contributed by atoms with Crippen molar-refractivity contribution in [1.82, 2.24) is 14.3 Å². The maximum atomic E-state index is 5.86. The smallest absolute Gasteiger partial charge is 0.205 e. The predicted octanol–water partition coefficient (Wildman–Crippen LogP) is 2.16. The molecule has 3 rings (SSSR count). The van der Waals surface area contributed by atoms with Gasteiger partial charge >= 0.3 is 0 Å². The van der Waals surface area contributed by atoms with Gasteiger partial charge in [0.05, 0.1) is 6.61 Å². The van der Waals surface area contributed by atoms with Crippen molar-refractivity contribution in [1.29, 1.82) is 0 Å². The van der Waals surface area contributed by atoms with Crippen molar-refractivity contribution in [2.75, 3.05) is 50.8 Å². The van der Waals surface area contributed by atoms with Gasteiger partial charge in [0.15, 0.2) is 6.29 Å². The van der Waals surface area contributed by atoms with E-state index < -0.39 is 0 Å². The molecule has 0 spiro atoms. The number of aryl methyl sites for hydroxylation is 1. The second-order valence-corrected chi connectivity index (χ2v) is 6.93. The molecule has 1 aromatic heterocycles. The lowest BCUT2D eigenvalue weighted by Gasteiger charge is -2.25. The Kier molecular flexibility index (Phi) is 6.62. The van der Waals surface area contributed by atoms with Crippen LogP contribution in [-0.4, -0.2) is 66.5 Å². The van der Waals surface area contributed by atoms with Crippen molar-refractivity contribution in [3.63, 3.8) is 0 Å². The summed E-state index contributed by atoms with van der Waals surface area (Å²) in [5.74, 6) is 0.965. The van der Waals surface area contributed by atoms with E-state index in [1.54, 1.807) is 0 Å². The zero-order valence-corrected chi connectivity index (χ0v) is 14.9. The summed E-state index contributed by atoms with van der Waals surface area (Å²) >= 11 is 1.53. The summed E-state index contributed by atoms with van der Waals surface area (Å²) in [6.07, 6.45) is 5.56. The molecule has 6 nitrogen and oxygen atoms in total. The Balaban J connectivity index is 1.39. The van der Waals surface area contributed by atoms with Crippen LogP contribution < -0.4 is 4.90 Å². The highest BCUT2D eigenvalue weighted by Gasteiger charge is 2.19. The Labute approximate surface area is 142 Å². The minimum atomic E-state index is 0.0288. The summed E-state index contributed by atoms with van der Waals surface area (Å²) < 4.78 is 15.9. The van der Waals surface area contributed by atoms with Gasteiger partial charge in [-0.1, -0.05) is 6.92 Å². The van der Waals surface area contributed by atoms with Crippen molar-refractivity contribution < 1.29 is 9.47 Å². The lowest BCUT2D eigenvalue weighted by molar-refractivity contribution is -0.164. The summed E-state index contributed by atoms with van der Waals surface area (Å²) in [5.41, 5.74) is 0. The van der Waals surface area contributed by atoms with Crippen molar-refractivity contribution in [3.05, 3.63) is 5.82 Å². The molecule has 0 saturated carbocycles. The summed E-state index contributed by atoms with van der Waals surface area (Å²) in [5, 5.41) is 1.08. The number of anilines is 1. The molecule has 2 fully saturated rings. The molecule has 0 unspecified atom stereocenters. The molecule has 0 amide bonds. The molecule has 1 aromatic rings. The SMILES string of the molecule is CCc1nsc(N2CCCN(CCO[C@H]3CCCCO3)CC2)n1. The molecule has 3 heterocycles. The van der Waals surface area contributed by atoms with Crippen molar-refractivity contribution in [3.8, 4) is 0 Å². The number of ether oxygens (including phenoxy) is 2. The topological polar surface area (TPSA) is 50.7 Å². The number of nitrogens with zero attached hydrogens (tertiary/aromatic N) is 4. The molecule has 0 radical (unpaired) electrons. The van der Waals surface area contributed by atoms with E-state index in [-0.39, 0.29) is 6.29 Å². The van der Waals surface area contributed by atoms with Crippen LogP contribution in [0.25, 0.3) is 0 Å². The minimum absolute atomic E-state index is 0.0288. The Morgan fingerprint density at radius 3 is 2.96 bits per heavy atom. The minimum Gasteiger partial charge on any atom is -0.353 e. The first-order valence-corrected chi connectivity index (χ1v) is 9.65. The molecule has 23 heavy (non-hydrogen) atoms. The maximum absolute atomic E-state index is 5.86. The predicted molar refractivity (Wildman–Crippen MR) is 92.1 cm³/mol. The monoisotopic (exact) mass is 340 g/mol. The van der Waals surface area contributed by atoms with E-state index in [1.165, 1.54) is 30.8 Å². The Morgan fingerprint density at radius 2 is 2.17 bits per heavy atom. The molecule has 2 aliphatic heterocycles. The van der Waals surface area contributed by atoms with Crippen LogP contribution in [0.2, 0.25) is 0 Å². The molecule has 0 N–H and O–H groups in total. The Bertz CT molecular complexity index is 465. The van der Waals surface area contributed by atoms with Crippen LogP contribution >= 0.6 is 11.5 Å². The first-order chi connectivity index (χ1) is 11.3. The van der Waals surface area contributed by atoms with E-state index in [4.69, 9.17) is 9.47 Å². The number of hydrogen-bond acceptors (Lipinski definition) is 7. The molecule has 1 atom stereocenters. The van der Waals surface area contributed by atoms with Crippen molar-refractivity contribution in [2.24, 2.45) is 0 Å². The van der Waals surface area contributed by atoms with E-state index in [0.29, 0.717) is 0 Å². The van der Waals surface area contributed by atoms with E-state index in [0.717, 1.165) is 69.7 Å². The summed E-state index contributed by atoms with van der Waals surface area (Å²) in [6.45, 7) is 9.00. The van der Waals surface area contributed by atoms with Gasteiger partial charge in [-0.2, -0.15) is 4.37 Å². The van der Waals surface area contributed by atoms with Gasteiger partial charge in [-0.05, 0) is 32.2 Å². The molecule has 0 aromatic carbocycles. The third-order valence-electron chi connectivity index (χ3n) is 4.48. The van der Waals surface area contributed by atoms with Gasteiger partial charge in [0, 0.05) is 50.7 Å². The lowest BCUT2D eigenvalue weighted by atomic mass is 10.2. The summed E-state index contributed by atoms with van der Waals surface area (Å²) in [7, 11) is 0. The van der Waals surface area contributed by atoms with Crippen molar-refractivity contribution in [2.45, 2.75) is 45.3 Å². The fourth-order valence-corrected chi connectivity index (χ4v) is 3.86. The van der Waals surface area contributed by atoms with Gasteiger partial charge in [-0.25, -0.2) is 4.98 Å². The van der Waals surface area contributed by atoms with Crippen molar-refractivity contribution >= 4 is 16.7 Å². The van der Waals surface area contributed by atoms with E-state index >= 15 is 0 Å². The third-order valence-corrected chi connectivity index (χ3v) is 5.30. The standard InChI is InChI=1S/C16H28N4O2S/c1-2-14-17-16(23-18-14)20-8-5-7-19(9-10-20)11-13-22-15-6-3-4-12-21-15/h15H,2-13H2,1H3/t15-/m0/s1. The second-order valence-electron chi connectivity index (χ2n) is 6.20. The molecule has 2 aliphatic rings. The van der Waals surface area contributed by atoms with Crippen LogP contribution in [0, 0.1) is 0 Å². The van der Waals surface area contributed by atoms with Gasteiger partial charge in [-0.15, -0.1) is 0 Å². The zero-order chi connectivity index (χ0) is 15.9. The van der Waals surface area contributed by atoms with Gasteiger partial charge in [0.1, 0.15) is 5.82 Å². The van der Waals surface area contributed by atoms with Gasteiger partial charge in [-0.3, -0.25) is 4.90 Å². The van der Waals surface area contributed by atoms with E-state index in [9.17, 15) is 0 Å². The molecular formula is C16H28N4O2S. The molecule has 0 bridgehead atoms. The maximum Gasteiger partial charge on any atom is 0.205 e. The number of hydrogen-bond donors (Lipinski definition) is 0. The highest BCUT2D eigenvalue weighted by Crippen LogP contribution is 2.19.